The highest BCUT2D eigenvalue weighted by molar-refractivity contribution is 9.10. The molecule has 1 atom stereocenters. The summed E-state index contributed by atoms with van der Waals surface area (Å²) in [6, 6.07) is 1.49. The third kappa shape index (κ3) is 2.29. The van der Waals surface area contributed by atoms with E-state index >= 15 is 0 Å². The van der Waals surface area contributed by atoms with Gasteiger partial charge in [0.25, 0.3) is 0 Å². The molecule has 0 aliphatic carbocycles. The molecule has 0 bridgehead atoms. The summed E-state index contributed by atoms with van der Waals surface area (Å²) >= 11 is 2.82. The van der Waals surface area contributed by atoms with Crippen molar-refractivity contribution in [2.75, 3.05) is 0 Å². The molecule has 1 aliphatic heterocycles. The molecular formula is C10H5BrF4O5. The van der Waals surface area contributed by atoms with Crippen LogP contribution in [-0.2, 0) is 4.79 Å². The van der Waals surface area contributed by atoms with Gasteiger partial charge in [-0.3, -0.25) is 0 Å². The molecule has 0 amide bonds. The number of fused-ring (bicyclic) bond motifs is 1. The van der Waals surface area contributed by atoms with Gasteiger partial charge in [-0.1, -0.05) is 15.9 Å². The van der Waals surface area contributed by atoms with Crippen LogP contribution in [0.5, 0.6) is 11.5 Å². The van der Waals surface area contributed by atoms with Crippen LogP contribution >= 0.6 is 15.9 Å². The Morgan fingerprint density at radius 2 is 1.60 bits per heavy atom. The maximum Gasteiger partial charge on any atom is 0.507 e. The lowest BCUT2D eigenvalue weighted by Gasteiger charge is -2.32. The van der Waals surface area contributed by atoms with Crippen LogP contribution in [0.3, 0.4) is 0 Å². The number of halogens is 5. The Balaban J connectivity index is 2.50. The first-order chi connectivity index (χ1) is 9.05. The summed E-state index contributed by atoms with van der Waals surface area (Å²) < 4.78 is 59.3. The minimum absolute atomic E-state index is 0.115. The molecule has 0 fully saturated rings. The number of rotatable bonds is 2. The van der Waals surface area contributed by atoms with Crippen LogP contribution in [0.2, 0.25) is 0 Å². The van der Waals surface area contributed by atoms with Gasteiger partial charge < -0.3 is 19.7 Å². The molecule has 1 aromatic carbocycles. The number of carbonyl (C=O) groups is 1. The maximum absolute atomic E-state index is 13.0. The van der Waals surface area contributed by atoms with Crippen LogP contribution in [0, 0.1) is 0 Å². The molecule has 2 N–H and O–H groups in total. The number of hydrogen-bond acceptors (Lipinski definition) is 4. The van der Waals surface area contributed by atoms with Gasteiger partial charge in [-0.2, -0.15) is 17.6 Å². The average Bonchev–Trinajstić information content (AvgIpc) is 2.29. The second-order valence-electron chi connectivity index (χ2n) is 3.80. The van der Waals surface area contributed by atoms with E-state index in [2.05, 4.69) is 25.4 Å². The maximum atomic E-state index is 13.0. The largest absolute Gasteiger partial charge is 0.507 e. The lowest BCUT2D eigenvalue weighted by atomic mass is 10.1. The standard InChI is InChI=1S/C10H5BrF4O5/c11-4-2-6-5(1-3(4)7(16)8(17)18)19-9(12,13)10(14,15)20-6/h1-2,7,16H,(H,17,18). The second-order valence-corrected chi connectivity index (χ2v) is 4.65. The third-order valence-corrected chi connectivity index (χ3v) is 3.09. The molecule has 0 spiro atoms. The van der Waals surface area contributed by atoms with Crippen LogP contribution in [0.15, 0.2) is 16.6 Å². The van der Waals surface area contributed by atoms with Crippen molar-refractivity contribution in [3.05, 3.63) is 22.2 Å². The molecule has 1 aliphatic rings. The summed E-state index contributed by atoms with van der Waals surface area (Å²) in [5.74, 6) is -3.17. The highest BCUT2D eigenvalue weighted by atomic mass is 79.9. The first-order valence-corrected chi connectivity index (χ1v) is 5.72. The van der Waals surface area contributed by atoms with Gasteiger partial charge in [0.2, 0.25) is 0 Å². The molecule has 0 saturated heterocycles. The van der Waals surface area contributed by atoms with Gasteiger partial charge in [-0.05, 0) is 12.1 Å². The zero-order valence-corrected chi connectivity index (χ0v) is 10.8. The SMILES string of the molecule is O=C(O)C(O)c1cc2c(cc1Br)OC(F)(F)C(F)(F)O2. The van der Waals surface area contributed by atoms with Gasteiger partial charge in [0, 0.05) is 10.0 Å². The number of aliphatic hydroxyl groups excluding tert-OH is 1. The normalized spacial score (nSPS) is 20.3. The Morgan fingerprint density at radius 3 is 2.05 bits per heavy atom. The number of ether oxygens (including phenoxy) is 2. The fraction of sp³-hybridized carbons (Fsp3) is 0.300. The van der Waals surface area contributed by atoms with Gasteiger partial charge >= 0.3 is 18.2 Å². The van der Waals surface area contributed by atoms with Crippen molar-refractivity contribution in [3.63, 3.8) is 0 Å². The van der Waals surface area contributed by atoms with E-state index in [-0.39, 0.29) is 10.0 Å². The smallest absolute Gasteiger partial charge is 0.479 e. The van der Waals surface area contributed by atoms with Gasteiger partial charge in [-0.15, -0.1) is 0 Å². The predicted octanol–water partition coefficient (Wildman–Crippen LogP) is 2.52. The van der Waals surface area contributed by atoms with E-state index in [1.807, 2.05) is 0 Å². The van der Waals surface area contributed by atoms with Crippen molar-refractivity contribution in [1.82, 2.24) is 0 Å². The Hall–Kier alpha value is -1.55. The lowest BCUT2D eigenvalue weighted by molar-refractivity contribution is -0.391. The fourth-order valence-electron chi connectivity index (χ4n) is 1.45. The molecule has 5 nitrogen and oxygen atoms in total. The first-order valence-electron chi connectivity index (χ1n) is 4.93. The monoisotopic (exact) mass is 360 g/mol. The number of alkyl halides is 4. The molecule has 1 aromatic rings. The number of hydrogen-bond donors (Lipinski definition) is 2. The van der Waals surface area contributed by atoms with E-state index in [9.17, 15) is 27.5 Å². The Labute approximate surface area is 116 Å². The Morgan fingerprint density at radius 1 is 1.15 bits per heavy atom. The minimum atomic E-state index is -4.92. The van der Waals surface area contributed by atoms with Crippen molar-refractivity contribution in [1.29, 1.82) is 0 Å². The zero-order chi connectivity index (χ0) is 15.3. The molecule has 0 aromatic heterocycles. The Bertz CT molecular complexity index is 577. The van der Waals surface area contributed by atoms with Crippen molar-refractivity contribution in [3.8, 4) is 11.5 Å². The second kappa shape index (κ2) is 4.48. The van der Waals surface area contributed by atoms with Crippen LogP contribution in [0.1, 0.15) is 11.7 Å². The van der Waals surface area contributed by atoms with Crippen LogP contribution < -0.4 is 9.47 Å². The summed E-state index contributed by atoms with van der Waals surface area (Å²) in [6.45, 7) is 0. The van der Waals surface area contributed by atoms with E-state index in [0.717, 1.165) is 6.07 Å². The van der Waals surface area contributed by atoms with E-state index in [0.29, 0.717) is 6.07 Å². The number of carboxylic acids is 1. The molecule has 20 heavy (non-hydrogen) atoms. The van der Waals surface area contributed by atoms with E-state index < -0.39 is 35.8 Å². The number of benzene rings is 1. The topological polar surface area (TPSA) is 76.0 Å². The highest BCUT2D eigenvalue weighted by Gasteiger charge is 2.66. The van der Waals surface area contributed by atoms with Crippen LogP contribution in [-0.4, -0.2) is 28.4 Å². The van der Waals surface area contributed by atoms with E-state index in [1.165, 1.54) is 0 Å². The molecule has 0 saturated carbocycles. The van der Waals surface area contributed by atoms with Crippen LogP contribution in [0.25, 0.3) is 0 Å². The molecule has 10 heteroatoms. The number of aliphatic hydroxyl groups is 1. The van der Waals surface area contributed by atoms with Gasteiger partial charge in [-0.25, -0.2) is 4.79 Å². The molecule has 1 unspecified atom stereocenters. The molecule has 2 rings (SSSR count). The van der Waals surface area contributed by atoms with Crippen molar-refractivity contribution >= 4 is 21.9 Å². The first kappa shape index (κ1) is 14.9. The molecule has 1 heterocycles. The summed E-state index contributed by atoms with van der Waals surface area (Å²) in [5, 5.41) is 18.0. The van der Waals surface area contributed by atoms with Gasteiger partial charge in [0.15, 0.2) is 17.6 Å². The lowest BCUT2D eigenvalue weighted by Crippen LogP contribution is -2.52. The summed E-state index contributed by atoms with van der Waals surface area (Å²) in [4.78, 5) is 10.6. The van der Waals surface area contributed by atoms with Crippen molar-refractivity contribution in [2.45, 2.75) is 18.3 Å². The average molecular weight is 361 g/mol. The minimum Gasteiger partial charge on any atom is -0.479 e. The number of aliphatic carboxylic acids is 1. The summed E-state index contributed by atoms with van der Waals surface area (Å²) in [5.41, 5.74) is -0.346. The molecule has 0 radical (unpaired) electrons. The predicted molar refractivity (Wildman–Crippen MR) is 57.9 cm³/mol. The fourth-order valence-corrected chi connectivity index (χ4v) is 1.99. The van der Waals surface area contributed by atoms with E-state index in [1.54, 1.807) is 0 Å². The van der Waals surface area contributed by atoms with E-state index in [4.69, 9.17) is 5.11 Å². The molecule has 110 valence electrons. The highest BCUT2D eigenvalue weighted by Crippen LogP contribution is 2.48. The number of carboxylic acid groups (broad SMARTS) is 1. The summed E-state index contributed by atoms with van der Waals surface area (Å²) in [7, 11) is 0. The Kier molecular flexibility index (Phi) is 3.33. The van der Waals surface area contributed by atoms with Crippen molar-refractivity contribution < 1.29 is 42.0 Å². The van der Waals surface area contributed by atoms with Crippen molar-refractivity contribution in [2.24, 2.45) is 0 Å². The third-order valence-electron chi connectivity index (χ3n) is 2.41. The van der Waals surface area contributed by atoms with Gasteiger partial charge in [0.1, 0.15) is 0 Å². The quantitative estimate of drug-likeness (QED) is 0.792. The molecular weight excluding hydrogens is 356 g/mol. The summed E-state index contributed by atoms with van der Waals surface area (Å²) in [6.07, 6.45) is -11.8. The zero-order valence-electron chi connectivity index (χ0n) is 9.24. The van der Waals surface area contributed by atoms with Gasteiger partial charge in [0.05, 0.1) is 0 Å². The van der Waals surface area contributed by atoms with Crippen LogP contribution in [0.4, 0.5) is 17.6 Å².